The molecule has 2 aliphatic carbocycles. The predicted molar refractivity (Wildman–Crippen MR) is 87.7 cm³/mol. The monoisotopic (exact) mass is 305 g/mol. The van der Waals surface area contributed by atoms with E-state index in [4.69, 9.17) is 4.98 Å². The van der Waals surface area contributed by atoms with Crippen molar-refractivity contribution < 1.29 is 0 Å². The summed E-state index contributed by atoms with van der Waals surface area (Å²) in [6.45, 7) is 4.70. The van der Waals surface area contributed by atoms with E-state index in [1.807, 2.05) is 11.3 Å². The molecule has 1 aromatic rings. The third kappa shape index (κ3) is 3.49. The lowest BCUT2D eigenvalue weighted by atomic mass is 10.2. The van der Waals surface area contributed by atoms with E-state index in [1.165, 1.54) is 75.2 Å². The minimum atomic E-state index is 0.765. The number of rotatable bonds is 6. The molecule has 0 unspecified atom stereocenters. The molecule has 0 atom stereocenters. The van der Waals surface area contributed by atoms with Crippen LogP contribution in [0.1, 0.15) is 72.9 Å². The average Bonchev–Trinajstić information content (AvgIpc) is 2.94. The summed E-state index contributed by atoms with van der Waals surface area (Å²) in [6.07, 6.45) is 11.0. The topological polar surface area (TPSA) is 28.2 Å². The minimum absolute atomic E-state index is 0.765. The highest BCUT2D eigenvalue weighted by atomic mass is 32.1. The van der Waals surface area contributed by atoms with Gasteiger partial charge in [-0.05, 0) is 51.6 Å². The largest absolute Gasteiger partial charge is 0.309 e. The Morgan fingerprint density at radius 2 is 1.81 bits per heavy atom. The van der Waals surface area contributed by atoms with Crippen LogP contribution in [0.25, 0.3) is 0 Å². The van der Waals surface area contributed by atoms with E-state index in [0.717, 1.165) is 25.0 Å². The van der Waals surface area contributed by atoms with Gasteiger partial charge in [-0.25, -0.2) is 4.98 Å². The van der Waals surface area contributed by atoms with Gasteiger partial charge in [0.15, 0.2) is 0 Å². The van der Waals surface area contributed by atoms with Gasteiger partial charge >= 0.3 is 0 Å². The van der Waals surface area contributed by atoms with Crippen LogP contribution in [0.3, 0.4) is 0 Å². The van der Waals surface area contributed by atoms with Gasteiger partial charge < -0.3 is 5.32 Å². The molecule has 1 aliphatic heterocycles. The fourth-order valence-corrected chi connectivity index (χ4v) is 4.93. The highest BCUT2D eigenvalue weighted by Gasteiger charge is 2.30. The van der Waals surface area contributed by atoms with Crippen LogP contribution >= 0.6 is 11.3 Å². The summed E-state index contributed by atoms with van der Waals surface area (Å²) >= 11 is 1.98. The van der Waals surface area contributed by atoms with Crippen molar-refractivity contribution in [1.82, 2.24) is 15.2 Å². The smallest absolute Gasteiger partial charge is 0.107 e. The molecule has 4 rings (SSSR count). The van der Waals surface area contributed by atoms with Crippen molar-refractivity contribution in [1.29, 1.82) is 0 Å². The Bertz CT molecular complexity index is 468. The lowest BCUT2D eigenvalue weighted by molar-refractivity contribution is 0.330. The highest BCUT2D eigenvalue weighted by molar-refractivity contribution is 7.11. The number of nitrogens with zero attached hydrogens (tertiary/aromatic N) is 2. The van der Waals surface area contributed by atoms with Crippen LogP contribution in [0.15, 0.2) is 0 Å². The molecule has 21 heavy (non-hydrogen) atoms. The molecule has 0 amide bonds. The van der Waals surface area contributed by atoms with E-state index >= 15 is 0 Å². The van der Waals surface area contributed by atoms with Gasteiger partial charge in [0.05, 0.1) is 12.2 Å². The molecule has 3 nitrogen and oxygen atoms in total. The van der Waals surface area contributed by atoms with Gasteiger partial charge in [-0.1, -0.05) is 12.8 Å². The Labute approximate surface area is 132 Å². The summed E-state index contributed by atoms with van der Waals surface area (Å²) in [5.74, 6) is 0.786. The molecule has 3 aliphatic rings. The van der Waals surface area contributed by atoms with E-state index in [1.54, 1.807) is 4.88 Å². The van der Waals surface area contributed by atoms with Crippen molar-refractivity contribution in [2.75, 3.05) is 13.1 Å². The molecular weight excluding hydrogens is 278 g/mol. The van der Waals surface area contributed by atoms with Crippen LogP contribution in [0.4, 0.5) is 0 Å². The summed E-state index contributed by atoms with van der Waals surface area (Å²) in [5.41, 5.74) is 1.44. The van der Waals surface area contributed by atoms with E-state index in [0.29, 0.717) is 0 Å². The molecule has 1 aromatic heterocycles. The van der Waals surface area contributed by atoms with Crippen molar-refractivity contribution in [2.24, 2.45) is 0 Å². The summed E-state index contributed by atoms with van der Waals surface area (Å²) in [4.78, 5) is 9.13. The van der Waals surface area contributed by atoms with Crippen LogP contribution in [-0.4, -0.2) is 29.0 Å². The zero-order chi connectivity index (χ0) is 14.1. The Morgan fingerprint density at radius 3 is 2.52 bits per heavy atom. The van der Waals surface area contributed by atoms with Crippen molar-refractivity contribution in [2.45, 2.75) is 76.4 Å². The second-order valence-electron chi connectivity index (χ2n) is 7.04. The number of aromatic nitrogens is 1. The Balaban J connectivity index is 1.41. The first kappa shape index (κ1) is 14.2. The molecule has 0 bridgehead atoms. The van der Waals surface area contributed by atoms with Gasteiger partial charge in [0.2, 0.25) is 0 Å². The van der Waals surface area contributed by atoms with Crippen LogP contribution in [-0.2, 0) is 13.1 Å². The quantitative estimate of drug-likeness (QED) is 0.869. The fraction of sp³-hybridized carbons (Fsp3) is 0.824. The van der Waals surface area contributed by atoms with E-state index < -0.39 is 0 Å². The van der Waals surface area contributed by atoms with E-state index in [2.05, 4.69) is 10.2 Å². The molecule has 3 fully saturated rings. The predicted octanol–water partition coefficient (Wildman–Crippen LogP) is 3.65. The standard InChI is InChI=1S/C17H27N3S/c1-2-6-14(5-1)18-11-15-17(13-7-8-13)19-16(21-15)12-20-9-3-4-10-20/h13-14,18H,1-12H2. The van der Waals surface area contributed by atoms with Gasteiger partial charge in [0.1, 0.15) is 5.01 Å². The van der Waals surface area contributed by atoms with Crippen LogP contribution in [0.5, 0.6) is 0 Å². The average molecular weight is 305 g/mol. The molecular formula is C17H27N3S. The van der Waals surface area contributed by atoms with Gasteiger partial charge in [0.25, 0.3) is 0 Å². The van der Waals surface area contributed by atoms with E-state index in [-0.39, 0.29) is 0 Å². The second kappa shape index (κ2) is 6.35. The first-order chi connectivity index (χ1) is 10.4. The number of thiazole rings is 1. The summed E-state index contributed by atoms with van der Waals surface area (Å²) in [7, 11) is 0. The zero-order valence-electron chi connectivity index (χ0n) is 12.9. The first-order valence-electron chi connectivity index (χ1n) is 8.83. The number of nitrogens with one attached hydrogen (secondary N) is 1. The van der Waals surface area contributed by atoms with Crippen molar-refractivity contribution in [3.63, 3.8) is 0 Å². The van der Waals surface area contributed by atoms with Crippen molar-refractivity contribution in [3.05, 3.63) is 15.6 Å². The summed E-state index contributed by atoms with van der Waals surface area (Å²) in [5, 5.41) is 5.15. The molecule has 0 spiro atoms. The number of likely N-dealkylation sites (tertiary alicyclic amines) is 1. The zero-order valence-corrected chi connectivity index (χ0v) is 13.8. The third-order valence-electron chi connectivity index (χ3n) is 5.20. The summed E-state index contributed by atoms with van der Waals surface area (Å²) < 4.78 is 0. The van der Waals surface area contributed by atoms with Crippen LogP contribution < -0.4 is 5.32 Å². The summed E-state index contributed by atoms with van der Waals surface area (Å²) in [6, 6.07) is 0.765. The normalized spacial score (nSPS) is 24.2. The number of hydrogen-bond acceptors (Lipinski definition) is 4. The van der Waals surface area contributed by atoms with Gasteiger partial charge in [-0.2, -0.15) is 0 Å². The Kier molecular flexibility index (Phi) is 4.28. The first-order valence-corrected chi connectivity index (χ1v) is 9.64. The molecule has 2 heterocycles. The lowest BCUT2D eigenvalue weighted by Gasteiger charge is -2.11. The molecule has 1 N–H and O–H groups in total. The Hall–Kier alpha value is -0.450. The number of hydrogen-bond donors (Lipinski definition) is 1. The lowest BCUT2D eigenvalue weighted by Crippen LogP contribution is -2.25. The minimum Gasteiger partial charge on any atom is -0.309 e. The second-order valence-corrected chi connectivity index (χ2v) is 8.20. The fourth-order valence-electron chi connectivity index (χ4n) is 3.78. The third-order valence-corrected chi connectivity index (χ3v) is 6.26. The van der Waals surface area contributed by atoms with Crippen LogP contribution in [0, 0.1) is 0 Å². The molecule has 2 saturated carbocycles. The van der Waals surface area contributed by atoms with Crippen molar-refractivity contribution in [3.8, 4) is 0 Å². The molecule has 1 saturated heterocycles. The maximum atomic E-state index is 5.02. The van der Waals surface area contributed by atoms with Crippen LogP contribution in [0.2, 0.25) is 0 Å². The maximum Gasteiger partial charge on any atom is 0.107 e. The molecule has 116 valence electrons. The molecule has 4 heteroatoms. The maximum absolute atomic E-state index is 5.02. The van der Waals surface area contributed by atoms with Gasteiger partial charge in [-0.3, -0.25) is 4.90 Å². The van der Waals surface area contributed by atoms with Gasteiger partial charge in [0, 0.05) is 23.4 Å². The molecule has 0 radical (unpaired) electrons. The van der Waals surface area contributed by atoms with E-state index in [9.17, 15) is 0 Å². The SMILES string of the molecule is C1CCC(NCc2sc(CN3CCCC3)nc2C2CC2)C1. The van der Waals surface area contributed by atoms with Crippen molar-refractivity contribution >= 4 is 11.3 Å². The van der Waals surface area contributed by atoms with Gasteiger partial charge in [-0.15, -0.1) is 11.3 Å². The highest BCUT2D eigenvalue weighted by Crippen LogP contribution is 2.43. The Morgan fingerprint density at radius 1 is 1.05 bits per heavy atom. The molecule has 0 aromatic carbocycles.